The molecule has 0 bridgehead atoms. The van der Waals surface area contributed by atoms with Crippen LogP contribution in [0.3, 0.4) is 0 Å². The van der Waals surface area contributed by atoms with Crippen molar-refractivity contribution in [1.82, 2.24) is 9.97 Å². The molecule has 0 radical (unpaired) electrons. The smallest absolute Gasteiger partial charge is 0.157 e. The Morgan fingerprint density at radius 3 is 1.96 bits per heavy atom. The first kappa shape index (κ1) is 13.7. The Labute approximate surface area is 134 Å². The van der Waals surface area contributed by atoms with Gasteiger partial charge in [0, 0.05) is 11.6 Å². The third-order valence-electron chi connectivity index (χ3n) is 4.16. The minimum absolute atomic E-state index is 0.602. The predicted molar refractivity (Wildman–Crippen MR) is 91.1 cm³/mol. The fourth-order valence-corrected chi connectivity index (χ4v) is 2.95. The van der Waals surface area contributed by atoms with Gasteiger partial charge in [-0.1, -0.05) is 60.7 Å². The first-order valence-corrected chi connectivity index (χ1v) is 7.56. The Kier molecular flexibility index (Phi) is 3.21. The molecule has 0 spiro atoms. The van der Waals surface area contributed by atoms with Crippen molar-refractivity contribution >= 4 is 11.0 Å². The summed E-state index contributed by atoms with van der Waals surface area (Å²) in [7, 11) is 0. The molecule has 0 atom stereocenters. The number of nitrogens with zero attached hydrogens (tertiary/aromatic N) is 1. The van der Waals surface area contributed by atoms with Gasteiger partial charge in [0.05, 0.1) is 5.69 Å². The Hall–Kier alpha value is -2.91. The first-order chi connectivity index (χ1) is 11.3. The van der Waals surface area contributed by atoms with Gasteiger partial charge >= 0.3 is 0 Å². The van der Waals surface area contributed by atoms with Crippen LogP contribution in [0.15, 0.2) is 85.1 Å². The summed E-state index contributed by atoms with van der Waals surface area (Å²) in [5.74, 6) is 0. The van der Waals surface area contributed by atoms with Crippen LogP contribution in [-0.4, -0.2) is 15.1 Å². The van der Waals surface area contributed by atoms with Crippen molar-refractivity contribution in [3.63, 3.8) is 0 Å². The molecule has 0 unspecified atom stereocenters. The number of benzene rings is 2. The first-order valence-electron chi connectivity index (χ1n) is 7.56. The van der Waals surface area contributed by atoms with Crippen molar-refractivity contribution in [2.45, 2.75) is 5.60 Å². The monoisotopic (exact) mass is 300 g/mol. The molecule has 3 heteroatoms. The molecule has 4 aromatic rings. The normalized spacial score (nSPS) is 11.7. The number of aromatic amines is 1. The lowest BCUT2D eigenvalue weighted by Crippen LogP contribution is -2.30. The van der Waals surface area contributed by atoms with E-state index in [-0.39, 0.29) is 0 Å². The standard InChI is InChI=1S/C20H16N2O/c23-20(16-7-3-1-4-8-16,17-9-5-2-6-10-17)18-12-11-15-13-14-21-19(15)22-18/h1-14,23H,(H,21,22). The molecule has 0 aliphatic heterocycles. The summed E-state index contributed by atoms with van der Waals surface area (Å²) in [6.45, 7) is 0. The molecule has 2 aromatic carbocycles. The van der Waals surface area contributed by atoms with Crippen molar-refractivity contribution in [3.05, 3.63) is 102 Å². The number of pyridine rings is 1. The highest BCUT2D eigenvalue weighted by Crippen LogP contribution is 2.35. The van der Waals surface area contributed by atoms with Gasteiger partial charge in [-0.2, -0.15) is 0 Å². The Morgan fingerprint density at radius 2 is 1.35 bits per heavy atom. The van der Waals surface area contributed by atoms with Crippen LogP contribution >= 0.6 is 0 Å². The van der Waals surface area contributed by atoms with E-state index in [0.29, 0.717) is 5.69 Å². The van der Waals surface area contributed by atoms with Gasteiger partial charge in [-0.25, -0.2) is 4.98 Å². The van der Waals surface area contributed by atoms with E-state index >= 15 is 0 Å². The molecule has 0 saturated carbocycles. The number of aromatic nitrogens is 2. The van der Waals surface area contributed by atoms with Gasteiger partial charge in [-0.05, 0) is 29.3 Å². The van der Waals surface area contributed by atoms with Crippen molar-refractivity contribution < 1.29 is 5.11 Å². The average Bonchev–Trinajstić information content (AvgIpc) is 3.10. The number of nitrogens with one attached hydrogen (secondary N) is 1. The van der Waals surface area contributed by atoms with Crippen molar-refractivity contribution in [2.24, 2.45) is 0 Å². The molecular weight excluding hydrogens is 284 g/mol. The highest BCUT2D eigenvalue weighted by Gasteiger charge is 2.35. The molecule has 3 nitrogen and oxygen atoms in total. The predicted octanol–water partition coefficient (Wildman–Crippen LogP) is 3.85. The molecule has 0 aliphatic rings. The fraction of sp³-hybridized carbons (Fsp3) is 0.0500. The Morgan fingerprint density at radius 1 is 0.739 bits per heavy atom. The lowest BCUT2D eigenvalue weighted by atomic mass is 9.83. The third-order valence-corrected chi connectivity index (χ3v) is 4.16. The summed E-state index contributed by atoms with van der Waals surface area (Å²) in [5, 5.41) is 12.7. The summed E-state index contributed by atoms with van der Waals surface area (Å²) in [6.07, 6.45) is 1.85. The summed E-state index contributed by atoms with van der Waals surface area (Å²) in [5.41, 5.74) is 1.67. The molecule has 0 saturated heterocycles. The number of H-pyrrole nitrogens is 1. The van der Waals surface area contributed by atoms with E-state index in [9.17, 15) is 5.11 Å². The van der Waals surface area contributed by atoms with Crippen molar-refractivity contribution in [1.29, 1.82) is 0 Å². The van der Waals surface area contributed by atoms with Gasteiger partial charge < -0.3 is 10.1 Å². The van der Waals surface area contributed by atoms with E-state index < -0.39 is 5.60 Å². The minimum Gasteiger partial charge on any atom is -0.374 e. The molecule has 0 amide bonds. The Bertz CT molecular complexity index is 890. The number of hydrogen-bond acceptors (Lipinski definition) is 2. The zero-order valence-corrected chi connectivity index (χ0v) is 12.5. The van der Waals surface area contributed by atoms with E-state index in [2.05, 4.69) is 9.97 Å². The van der Waals surface area contributed by atoms with Crippen LogP contribution in [0.4, 0.5) is 0 Å². The summed E-state index contributed by atoms with van der Waals surface area (Å²) < 4.78 is 0. The molecule has 2 aromatic heterocycles. The second kappa shape index (κ2) is 5.38. The summed E-state index contributed by atoms with van der Waals surface area (Å²) >= 11 is 0. The van der Waals surface area contributed by atoms with E-state index in [4.69, 9.17) is 0 Å². The maximum absolute atomic E-state index is 11.6. The van der Waals surface area contributed by atoms with Gasteiger partial charge in [0.2, 0.25) is 0 Å². The Balaban J connectivity index is 1.98. The van der Waals surface area contributed by atoms with Crippen LogP contribution in [0.1, 0.15) is 16.8 Å². The average molecular weight is 300 g/mol. The van der Waals surface area contributed by atoms with Crippen LogP contribution in [0.25, 0.3) is 11.0 Å². The topological polar surface area (TPSA) is 48.9 Å². The van der Waals surface area contributed by atoms with E-state index in [1.54, 1.807) is 0 Å². The van der Waals surface area contributed by atoms with Gasteiger partial charge in [0.1, 0.15) is 5.65 Å². The molecular formula is C20H16N2O. The van der Waals surface area contributed by atoms with Crippen molar-refractivity contribution in [3.8, 4) is 0 Å². The minimum atomic E-state index is -1.29. The molecule has 2 heterocycles. The summed E-state index contributed by atoms with van der Waals surface area (Å²) in [6, 6.07) is 25.1. The highest BCUT2D eigenvalue weighted by molar-refractivity contribution is 5.75. The maximum Gasteiger partial charge on any atom is 0.157 e. The van der Waals surface area contributed by atoms with Crippen LogP contribution < -0.4 is 0 Å². The van der Waals surface area contributed by atoms with Crippen LogP contribution in [0.5, 0.6) is 0 Å². The SMILES string of the molecule is OC(c1ccccc1)(c1ccccc1)c1ccc2cc[nH]c2n1. The number of rotatable bonds is 3. The fourth-order valence-electron chi connectivity index (χ4n) is 2.95. The van der Waals surface area contributed by atoms with Gasteiger partial charge in [-0.15, -0.1) is 0 Å². The molecule has 112 valence electrons. The zero-order chi connectivity index (χ0) is 15.7. The number of fused-ring (bicyclic) bond motifs is 1. The van der Waals surface area contributed by atoms with Gasteiger partial charge in [0.25, 0.3) is 0 Å². The molecule has 2 N–H and O–H groups in total. The highest BCUT2D eigenvalue weighted by atomic mass is 16.3. The summed E-state index contributed by atoms with van der Waals surface area (Å²) in [4.78, 5) is 7.77. The largest absolute Gasteiger partial charge is 0.374 e. The number of aliphatic hydroxyl groups is 1. The van der Waals surface area contributed by atoms with Crippen molar-refractivity contribution in [2.75, 3.05) is 0 Å². The van der Waals surface area contributed by atoms with Gasteiger partial charge in [0.15, 0.2) is 5.60 Å². The van der Waals surface area contributed by atoms with Gasteiger partial charge in [-0.3, -0.25) is 0 Å². The lowest BCUT2D eigenvalue weighted by Gasteiger charge is -2.29. The molecule has 0 fully saturated rings. The quantitative estimate of drug-likeness (QED) is 0.604. The zero-order valence-electron chi connectivity index (χ0n) is 12.5. The third kappa shape index (κ3) is 2.22. The molecule has 23 heavy (non-hydrogen) atoms. The van der Waals surface area contributed by atoms with E-state index in [1.165, 1.54) is 0 Å². The van der Waals surface area contributed by atoms with Crippen LogP contribution in [-0.2, 0) is 5.60 Å². The van der Waals surface area contributed by atoms with E-state index in [1.807, 2.05) is 85.1 Å². The second-order valence-electron chi connectivity index (χ2n) is 5.55. The van der Waals surface area contributed by atoms with E-state index in [0.717, 1.165) is 22.2 Å². The van der Waals surface area contributed by atoms with Crippen LogP contribution in [0, 0.1) is 0 Å². The molecule has 0 aliphatic carbocycles. The van der Waals surface area contributed by atoms with Crippen LogP contribution in [0.2, 0.25) is 0 Å². The lowest BCUT2D eigenvalue weighted by molar-refractivity contribution is 0.121. The second-order valence-corrected chi connectivity index (χ2v) is 5.55. The number of hydrogen-bond donors (Lipinski definition) is 2. The maximum atomic E-state index is 11.6. The molecule has 4 rings (SSSR count).